The van der Waals surface area contributed by atoms with Crippen molar-refractivity contribution < 1.29 is 9.53 Å². The maximum atomic E-state index is 12.7. The number of nitrogens with one attached hydrogen (secondary N) is 1. The van der Waals surface area contributed by atoms with Gasteiger partial charge in [-0.15, -0.1) is 11.3 Å². The molecule has 2 aliphatic heterocycles. The minimum absolute atomic E-state index is 0.0298. The number of aromatic nitrogens is 1. The first-order valence-corrected chi connectivity index (χ1v) is 11.4. The van der Waals surface area contributed by atoms with Crippen molar-refractivity contribution in [1.29, 1.82) is 0 Å². The summed E-state index contributed by atoms with van der Waals surface area (Å²) in [7, 11) is 0. The van der Waals surface area contributed by atoms with E-state index in [0.717, 1.165) is 61.9 Å². The average Bonchev–Trinajstić information content (AvgIpc) is 3.41. The highest BCUT2D eigenvalue weighted by Crippen LogP contribution is 2.36. The van der Waals surface area contributed by atoms with E-state index in [9.17, 15) is 4.79 Å². The van der Waals surface area contributed by atoms with Crippen LogP contribution in [0.1, 0.15) is 23.9 Å². The van der Waals surface area contributed by atoms with Crippen LogP contribution in [-0.4, -0.2) is 55.2 Å². The van der Waals surface area contributed by atoms with Gasteiger partial charge in [-0.3, -0.25) is 9.69 Å². The van der Waals surface area contributed by atoms with Gasteiger partial charge in [0.1, 0.15) is 5.01 Å². The van der Waals surface area contributed by atoms with Crippen molar-refractivity contribution in [2.24, 2.45) is 0 Å². The average molecular weight is 423 g/mol. The minimum atomic E-state index is 0.0298. The van der Waals surface area contributed by atoms with Crippen molar-refractivity contribution in [1.82, 2.24) is 9.88 Å². The van der Waals surface area contributed by atoms with Gasteiger partial charge in [0.2, 0.25) is 5.91 Å². The molecule has 5 rings (SSSR count). The molecule has 0 saturated carbocycles. The fourth-order valence-corrected chi connectivity index (χ4v) is 5.43. The van der Waals surface area contributed by atoms with E-state index in [1.807, 2.05) is 18.2 Å². The number of carbonyl (C=O) groups is 1. The Labute approximate surface area is 180 Å². The number of para-hydroxylation sites is 1. The molecule has 1 amide bonds. The Bertz CT molecular complexity index is 980. The van der Waals surface area contributed by atoms with Gasteiger partial charge in [-0.05, 0) is 55.8 Å². The third-order valence-electron chi connectivity index (χ3n) is 5.83. The first kappa shape index (κ1) is 19.5. The monoisotopic (exact) mass is 422 g/mol. The lowest BCUT2D eigenvalue weighted by atomic mass is 10.2. The first-order chi connectivity index (χ1) is 14.8. The molecule has 0 radical (unpaired) electrons. The van der Waals surface area contributed by atoms with Crippen LogP contribution in [0.3, 0.4) is 0 Å². The van der Waals surface area contributed by atoms with E-state index >= 15 is 0 Å². The van der Waals surface area contributed by atoms with Crippen LogP contribution in [-0.2, 0) is 9.53 Å². The number of carbonyl (C=O) groups excluding carboxylic acids is 1. The summed E-state index contributed by atoms with van der Waals surface area (Å²) in [5.41, 5.74) is 3.06. The zero-order valence-corrected chi connectivity index (χ0v) is 17.7. The second kappa shape index (κ2) is 8.71. The van der Waals surface area contributed by atoms with Gasteiger partial charge >= 0.3 is 0 Å². The molecule has 7 heteroatoms. The van der Waals surface area contributed by atoms with Crippen molar-refractivity contribution in [2.45, 2.75) is 18.9 Å². The maximum absolute atomic E-state index is 12.7. The highest BCUT2D eigenvalue weighted by Gasteiger charge is 2.30. The number of nitrogens with zero attached hydrogens (tertiary/aromatic N) is 3. The SMILES string of the molecule is O=C(CN1CCC[C@@H]1c1nc2ccccc2s1)Nc1ccc(N2CCOCC2)cc1. The fourth-order valence-electron chi connectivity index (χ4n) is 4.29. The molecule has 1 atom stereocenters. The number of fused-ring (bicyclic) bond motifs is 1. The summed E-state index contributed by atoms with van der Waals surface area (Å²) >= 11 is 1.75. The number of likely N-dealkylation sites (tertiary alicyclic amines) is 1. The summed E-state index contributed by atoms with van der Waals surface area (Å²) in [5.74, 6) is 0.0298. The molecule has 0 bridgehead atoms. The van der Waals surface area contributed by atoms with E-state index in [4.69, 9.17) is 9.72 Å². The Morgan fingerprint density at radius 1 is 1.10 bits per heavy atom. The molecule has 2 fully saturated rings. The number of hydrogen-bond acceptors (Lipinski definition) is 6. The van der Waals surface area contributed by atoms with Gasteiger partial charge in [0.05, 0.1) is 36.0 Å². The number of hydrogen-bond donors (Lipinski definition) is 1. The van der Waals surface area contributed by atoms with Gasteiger partial charge in [0.15, 0.2) is 0 Å². The molecule has 1 N–H and O–H groups in total. The molecule has 3 aromatic rings. The van der Waals surface area contributed by atoms with Gasteiger partial charge < -0.3 is 15.0 Å². The van der Waals surface area contributed by atoms with Gasteiger partial charge in [-0.2, -0.15) is 0 Å². The standard InChI is InChI=1S/C23H26N4O2S/c28-22(24-17-7-9-18(10-8-17)26-12-14-29-15-13-26)16-27-11-3-5-20(27)23-25-19-4-1-2-6-21(19)30-23/h1-2,4,6-10,20H,3,5,11-16H2,(H,24,28)/t20-/m1/s1. The first-order valence-electron chi connectivity index (χ1n) is 10.6. The number of benzene rings is 2. The third kappa shape index (κ3) is 4.19. The van der Waals surface area contributed by atoms with Crippen LogP contribution >= 0.6 is 11.3 Å². The molecule has 1 aromatic heterocycles. The van der Waals surface area contributed by atoms with Crippen molar-refractivity contribution in [3.8, 4) is 0 Å². The lowest BCUT2D eigenvalue weighted by Gasteiger charge is -2.29. The molecule has 156 valence electrons. The molecule has 0 spiro atoms. The van der Waals surface area contributed by atoms with Gasteiger partial charge in [-0.25, -0.2) is 4.98 Å². The summed E-state index contributed by atoms with van der Waals surface area (Å²) in [5, 5.41) is 4.18. The van der Waals surface area contributed by atoms with Crippen LogP contribution in [0.4, 0.5) is 11.4 Å². The van der Waals surface area contributed by atoms with Crippen molar-refractivity contribution in [3.05, 3.63) is 53.5 Å². The maximum Gasteiger partial charge on any atom is 0.238 e. The van der Waals surface area contributed by atoms with Crippen LogP contribution in [0.15, 0.2) is 48.5 Å². The second-order valence-electron chi connectivity index (χ2n) is 7.84. The number of rotatable bonds is 5. The normalized spacial score (nSPS) is 20.0. The van der Waals surface area contributed by atoms with E-state index < -0.39 is 0 Å². The Balaban J connectivity index is 1.21. The zero-order chi connectivity index (χ0) is 20.3. The van der Waals surface area contributed by atoms with E-state index in [2.05, 4.69) is 45.4 Å². The van der Waals surface area contributed by atoms with E-state index in [1.54, 1.807) is 11.3 Å². The second-order valence-corrected chi connectivity index (χ2v) is 8.91. The fraction of sp³-hybridized carbons (Fsp3) is 0.391. The topological polar surface area (TPSA) is 57.7 Å². The number of amides is 1. The molecule has 30 heavy (non-hydrogen) atoms. The number of anilines is 2. The summed E-state index contributed by atoms with van der Waals surface area (Å²) < 4.78 is 6.62. The molecule has 3 heterocycles. The Kier molecular flexibility index (Phi) is 5.66. The minimum Gasteiger partial charge on any atom is -0.378 e. The third-order valence-corrected chi connectivity index (χ3v) is 6.97. The molecular weight excluding hydrogens is 396 g/mol. The van der Waals surface area contributed by atoms with E-state index in [1.165, 1.54) is 10.4 Å². The number of morpholine rings is 1. The predicted molar refractivity (Wildman–Crippen MR) is 121 cm³/mol. The number of ether oxygens (including phenoxy) is 1. The molecule has 2 aliphatic rings. The van der Waals surface area contributed by atoms with Crippen molar-refractivity contribution >= 4 is 38.8 Å². The number of thiazole rings is 1. The van der Waals surface area contributed by atoms with Crippen LogP contribution in [0.25, 0.3) is 10.2 Å². The van der Waals surface area contributed by atoms with E-state index in [0.29, 0.717) is 6.54 Å². The van der Waals surface area contributed by atoms with Crippen LogP contribution in [0, 0.1) is 0 Å². The summed E-state index contributed by atoms with van der Waals surface area (Å²) in [6, 6.07) is 16.6. The molecule has 2 aromatic carbocycles. The molecule has 0 unspecified atom stereocenters. The van der Waals surface area contributed by atoms with Crippen LogP contribution in [0.2, 0.25) is 0 Å². The summed E-state index contributed by atoms with van der Waals surface area (Å²) in [6.07, 6.45) is 2.16. The van der Waals surface area contributed by atoms with Gasteiger partial charge in [0, 0.05) is 24.5 Å². The molecule has 6 nitrogen and oxygen atoms in total. The predicted octanol–water partition coefficient (Wildman–Crippen LogP) is 3.91. The van der Waals surface area contributed by atoms with E-state index in [-0.39, 0.29) is 11.9 Å². The Morgan fingerprint density at radius 2 is 1.90 bits per heavy atom. The summed E-state index contributed by atoms with van der Waals surface area (Å²) in [6.45, 7) is 4.69. The van der Waals surface area contributed by atoms with Crippen molar-refractivity contribution in [3.63, 3.8) is 0 Å². The zero-order valence-electron chi connectivity index (χ0n) is 16.9. The van der Waals surface area contributed by atoms with Crippen LogP contribution < -0.4 is 10.2 Å². The lowest BCUT2D eigenvalue weighted by Crippen LogP contribution is -2.36. The van der Waals surface area contributed by atoms with Crippen LogP contribution in [0.5, 0.6) is 0 Å². The summed E-state index contributed by atoms with van der Waals surface area (Å²) in [4.78, 5) is 22.1. The van der Waals surface area contributed by atoms with Crippen molar-refractivity contribution in [2.75, 3.05) is 49.6 Å². The smallest absolute Gasteiger partial charge is 0.238 e. The molecule has 0 aliphatic carbocycles. The lowest BCUT2D eigenvalue weighted by molar-refractivity contribution is -0.117. The highest BCUT2D eigenvalue weighted by atomic mass is 32.1. The Morgan fingerprint density at radius 3 is 2.70 bits per heavy atom. The highest BCUT2D eigenvalue weighted by molar-refractivity contribution is 7.18. The Hall–Kier alpha value is -2.48. The molecular formula is C23H26N4O2S. The van der Waals surface area contributed by atoms with Gasteiger partial charge in [0.25, 0.3) is 0 Å². The van der Waals surface area contributed by atoms with Gasteiger partial charge in [-0.1, -0.05) is 12.1 Å². The quantitative estimate of drug-likeness (QED) is 0.676. The largest absolute Gasteiger partial charge is 0.378 e. The molecule has 2 saturated heterocycles.